The van der Waals surface area contributed by atoms with Crippen molar-refractivity contribution in [1.29, 1.82) is 0 Å². The van der Waals surface area contributed by atoms with Crippen LogP contribution in [0, 0.1) is 5.92 Å². The third kappa shape index (κ3) is 4.25. The number of methoxy groups -OCH3 is 1. The van der Waals surface area contributed by atoms with Crippen LogP contribution in [0.15, 0.2) is 83.4 Å². The molecule has 2 amide bonds. The standard InChI is InChI=1S/C26H22N4O4/c1-33-20-13-11-17(12-14-20)24-28-26(34-29-24)21-9-5-6-10-22(21)27-25(32)18-15-23(31)30(16-18)19-7-3-2-4-8-19/h2-14,18H,15-16H2,1H3,(H,27,32). The van der Waals surface area contributed by atoms with E-state index in [1.165, 1.54) is 0 Å². The molecule has 2 heterocycles. The summed E-state index contributed by atoms with van der Waals surface area (Å²) in [5.41, 5.74) is 2.72. The quantitative estimate of drug-likeness (QED) is 0.464. The van der Waals surface area contributed by atoms with Gasteiger partial charge in [0.05, 0.1) is 24.3 Å². The number of benzene rings is 3. The zero-order valence-corrected chi connectivity index (χ0v) is 18.5. The van der Waals surface area contributed by atoms with E-state index in [1.54, 1.807) is 24.1 Å². The van der Waals surface area contributed by atoms with E-state index in [0.717, 1.165) is 17.0 Å². The number of nitrogens with zero attached hydrogens (tertiary/aromatic N) is 3. The predicted octanol–water partition coefficient (Wildman–Crippen LogP) is 4.40. The minimum absolute atomic E-state index is 0.0688. The number of hydrogen-bond donors (Lipinski definition) is 1. The molecule has 0 radical (unpaired) electrons. The van der Waals surface area contributed by atoms with E-state index in [1.807, 2.05) is 66.7 Å². The predicted molar refractivity (Wildman–Crippen MR) is 127 cm³/mol. The van der Waals surface area contributed by atoms with Crippen LogP contribution < -0.4 is 15.0 Å². The Kier molecular flexibility index (Phi) is 5.78. The average molecular weight is 454 g/mol. The first kappa shape index (κ1) is 21.4. The summed E-state index contributed by atoms with van der Waals surface area (Å²) in [7, 11) is 1.60. The Morgan fingerprint density at radius 3 is 2.53 bits per heavy atom. The van der Waals surface area contributed by atoms with Gasteiger partial charge in [-0.1, -0.05) is 35.5 Å². The SMILES string of the molecule is COc1ccc(-c2noc(-c3ccccc3NC(=O)C3CC(=O)N(c4ccccc4)C3)n2)cc1. The minimum atomic E-state index is -0.460. The van der Waals surface area contributed by atoms with E-state index in [9.17, 15) is 9.59 Å². The van der Waals surface area contributed by atoms with Crippen molar-refractivity contribution < 1.29 is 18.8 Å². The Morgan fingerprint density at radius 1 is 1.03 bits per heavy atom. The maximum absolute atomic E-state index is 13.0. The summed E-state index contributed by atoms with van der Waals surface area (Å²) in [6.07, 6.45) is 0.158. The fourth-order valence-electron chi connectivity index (χ4n) is 3.94. The maximum atomic E-state index is 13.0. The molecule has 1 aliphatic heterocycles. The van der Waals surface area contributed by atoms with Crippen molar-refractivity contribution in [3.8, 4) is 28.6 Å². The third-order valence-electron chi connectivity index (χ3n) is 5.75. The molecule has 3 aromatic carbocycles. The lowest BCUT2D eigenvalue weighted by molar-refractivity contribution is -0.122. The van der Waals surface area contributed by atoms with Gasteiger partial charge in [0, 0.05) is 24.2 Å². The molecular weight excluding hydrogens is 432 g/mol. The number of carbonyl (C=O) groups is 2. The Balaban J connectivity index is 1.33. The van der Waals surface area contributed by atoms with Gasteiger partial charge in [0.15, 0.2) is 0 Å². The van der Waals surface area contributed by atoms with Crippen molar-refractivity contribution in [2.45, 2.75) is 6.42 Å². The molecule has 1 atom stereocenters. The van der Waals surface area contributed by atoms with Gasteiger partial charge in [-0.2, -0.15) is 4.98 Å². The summed E-state index contributed by atoms with van der Waals surface area (Å²) >= 11 is 0. The van der Waals surface area contributed by atoms with E-state index in [0.29, 0.717) is 23.6 Å². The van der Waals surface area contributed by atoms with E-state index < -0.39 is 5.92 Å². The number of amides is 2. The molecule has 0 bridgehead atoms. The van der Waals surface area contributed by atoms with Gasteiger partial charge in [-0.15, -0.1) is 0 Å². The second-order valence-corrected chi connectivity index (χ2v) is 7.93. The number of nitrogens with one attached hydrogen (secondary N) is 1. The van der Waals surface area contributed by atoms with Gasteiger partial charge >= 0.3 is 0 Å². The summed E-state index contributed by atoms with van der Waals surface area (Å²) in [6.45, 7) is 0.332. The number of carbonyl (C=O) groups excluding carboxylic acids is 2. The fourth-order valence-corrected chi connectivity index (χ4v) is 3.94. The first-order chi connectivity index (χ1) is 16.6. The highest BCUT2D eigenvalue weighted by Crippen LogP contribution is 2.31. The zero-order valence-electron chi connectivity index (χ0n) is 18.5. The molecule has 1 fully saturated rings. The lowest BCUT2D eigenvalue weighted by atomic mass is 10.1. The summed E-state index contributed by atoms with van der Waals surface area (Å²) in [6, 6.07) is 23.9. The average Bonchev–Trinajstić information content (AvgIpc) is 3.52. The van der Waals surface area contributed by atoms with E-state index in [2.05, 4.69) is 15.5 Å². The number of para-hydroxylation sites is 2. The van der Waals surface area contributed by atoms with Crippen LogP contribution in [0.4, 0.5) is 11.4 Å². The minimum Gasteiger partial charge on any atom is -0.497 e. The number of hydrogen-bond acceptors (Lipinski definition) is 6. The van der Waals surface area contributed by atoms with Gasteiger partial charge < -0.3 is 19.5 Å². The molecule has 8 nitrogen and oxygen atoms in total. The van der Waals surface area contributed by atoms with Crippen LogP contribution in [0.2, 0.25) is 0 Å². The van der Waals surface area contributed by atoms with Gasteiger partial charge in [0.2, 0.25) is 17.6 Å². The normalized spacial score (nSPS) is 15.4. The third-order valence-corrected chi connectivity index (χ3v) is 5.75. The molecule has 1 aromatic heterocycles. The molecule has 4 aromatic rings. The van der Waals surface area contributed by atoms with E-state index >= 15 is 0 Å². The lowest BCUT2D eigenvalue weighted by Gasteiger charge is -2.16. The van der Waals surface area contributed by atoms with Gasteiger partial charge in [0.25, 0.3) is 5.89 Å². The molecule has 0 saturated carbocycles. The Bertz CT molecular complexity index is 1320. The second kappa shape index (κ2) is 9.19. The van der Waals surface area contributed by atoms with Crippen LogP contribution in [-0.2, 0) is 9.59 Å². The molecule has 170 valence electrons. The Morgan fingerprint density at radius 2 is 1.76 bits per heavy atom. The highest BCUT2D eigenvalue weighted by Gasteiger charge is 2.35. The van der Waals surface area contributed by atoms with Crippen molar-refractivity contribution in [3.63, 3.8) is 0 Å². The summed E-state index contributed by atoms with van der Waals surface area (Å²) in [4.78, 5) is 31.7. The molecule has 5 rings (SSSR count). The van der Waals surface area contributed by atoms with Crippen molar-refractivity contribution in [3.05, 3.63) is 78.9 Å². The number of ether oxygens (including phenoxy) is 1. The maximum Gasteiger partial charge on any atom is 0.260 e. The van der Waals surface area contributed by atoms with Crippen molar-refractivity contribution in [2.24, 2.45) is 5.92 Å². The first-order valence-corrected chi connectivity index (χ1v) is 10.9. The molecule has 0 aliphatic carbocycles. The molecule has 1 aliphatic rings. The van der Waals surface area contributed by atoms with E-state index in [4.69, 9.17) is 9.26 Å². The number of aromatic nitrogens is 2. The molecule has 0 spiro atoms. The van der Waals surface area contributed by atoms with Crippen LogP contribution in [-0.4, -0.2) is 35.6 Å². The van der Waals surface area contributed by atoms with Crippen LogP contribution in [0.3, 0.4) is 0 Å². The summed E-state index contributed by atoms with van der Waals surface area (Å²) in [5.74, 6) is 0.693. The smallest absolute Gasteiger partial charge is 0.260 e. The summed E-state index contributed by atoms with van der Waals surface area (Å²) < 4.78 is 10.7. The van der Waals surface area contributed by atoms with Gasteiger partial charge in [-0.05, 0) is 48.5 Å². The zero-order chi connectivity index (χ0) is 23.5. The highest BCUT2D eigenvalue weighted by molar-refractivity contribution is 6.04. The van der Waals surface area contributed by atoms with Crippen LogP contribution >= 0.6 is 0 Å². The first-order valence-electron chi connectivity index (χ1n) is 10.9. The Labute approximate surface area is 196 Å². The van der Waals surface area contributed by atoms with Crippen molar-refractivity contribution in [1.82, 2.24) is 10.1 Å². The largest absolute Gasteiger partial charge is 0.497 e. The molecule has 1 unspecified atom stereocenters. The number of rotatable bonds is 6. The Hall–Kier alpha value is -4.46. The molecule has 1 N–H and O–H groups in total. The van der Waals surface area contributed by atoms with Gasteiger partial charge in [0.1, 0.15) is 5.75 Å². The van der Waals surface area contributed by atoms with Crippen LogP contribution in [0.5, 0.6) is 5.75 Å². The monoisotopic (exact) mass is 454 g/mol. The molecule has 1 saturated heterocycles. The van der Waals surface area contributed by atoms with E-state index in [-0.39, 0.29) is 24.1 Å². The molecule has 8 heteroatoms. The fraction of sp³-hybridized carbons (Fsp3) is 0.154. The van der Waals surface area contributed by atoms with Gasteiger partial charge in [-0.25, -0.2) is 0 Å². The molecule has 34 heavy (non-hydrogen) atoms. The highest BCUT2D eigenvalue weighted by atomic mass is 16.5. The second-order valence-electron chi connectivity index (χ2n) is 7.93. The van der Waals surface area contributed by atoms with Crippen LogP contribution in [0.1, 0.15) is 6.42 Å². The topological polar surface area (TPSA) is 97.6 Å². The molecular formula is C26H22N4O4. The van der Waals surface area contributed by atoms with Crippen molar-refractivity contribution in [2.75, 3.05) is 23.9 Å². The number of anilines is 2. The summed E-state index contributed by atoms with van der Waals surface area (Å²) in [5, 5.41) is 7.02. The van der Waals surface area contributed by atoms with Crippen molar-refractivity contribution >= 4 is 23.2 Å². The van der Waals surface area contributed by atoms with Gasteiger partial charge in [-0.3, -0.25) is 9.59 Å². The lowest BCUT2D eigenvalue weighted by Crippen LogP contribution is -2.28. The van der Waals surface area contributed by atoms with Crippen LogP contribution in [0.25, 0.3) is 22.8 Å².